The summed E-state index contributed by atoms with van der Waals surface area (Å²) in [6, 6.07) is 42.8. The van der Waals surface area contributed by atoms with Crippen molar-refractivity contribution in [1.29, 1.82) is 5.26 Å². The summed E-state index contributed by atoms with van der Waals surface area (Å²) in [6.45, 7) is 0. The number of aromatic nitrogens is 5. The fraction of sp³-hybridized carbons (Fsp3) is 0. The predicted octanol–water partition coefficient (Wildman–Crippen LogP) is 7.60. The van der Waals surface area contributed by atoms with E-state index in [-0.39, 0.29) is 0 Å². The fourth-order valence-electron chi connectivity index (χ4n) is 5.69. The van der Waals surface area contributed by atoms with Crippen LogP contribution in [0.4, 0.5) is 0 Å². The van der Waals surface area contributed by atoms with Crippen molar-refractivity contribution in [2.75, 3.05) is 0 Å². The van der Waals surface area contributed by atoms with Gasteiger partial charge in [-0.05, 0) is 36.4 Å². The molecule has 8 aromatic rings. The van der Waals surface area contributed by atoms with Crippen molar-refractivity contribution in [1.82, 2.24) is 24.1 Å². The molecule has 0 saturated heterocycles. The summed E-state index contributed by atoms with van der Waals surface area (Å²) in [7, 11) is 0. The van der Waals surface area contributed by atoms with Crippen LogP contribution in [-0.4, -0.2) is 24.1 Å². The number of hydrogen-bond donors (Lipinski definition) is 0. The molecule has 0 unspecified atom stereocenters. The summed E-state index contributed by atoms with van der Waals surface area (Å²) in [6.07, 6.45) is 0. The number of para-hydroxylation sites is 4. The van der Waals surface area contributed by atoms with E-state index in [1.807, 2.05) is 42.5 Å². The van der Waals surface area contributed by atoms with Crippen LogP contribution in [0.15, 0.2) is 121 Å². The number of hydrogen-bond acceptors (Lipinski definition) is 4. The Morgan fingerprint density at radius 1 is 0.475 bits per heavy atom. The molecule has 0 atom stereocenters. The molecule has 8 rings (SSSR count). The number of fused-ring (bicyclic) bond motifs is 6. The van der Waals surface area contributed by atoms with Crippen LogP contribution in [0.2, 0.25) is 0 Å². The van der Waals surface area contributed by atoms with E-state index < -0.39 is 0 Å². The van der Waals surface area contributed by atoms with E-state index in [2.05, 4.69) is 88.0 Å². The highest BCUT2D eigenvalue weighted by Crippen LogP contribution is 2.34. The van der Waals surface area contributed by atoms with E-state index in [9.17, 15) is 5.26 Å². The quantitative estimate of drug-likeness (QED) is 0.244. The minimum absolute atomic E-state index is 0.501. The number of rotatable bonds is 3. The summed E-state index contributed by atoms with van der Waals surface area (Å²) >= 11 is 0. The second-order valence-electron chi connectivity index (χ2n) is 9.69. The van der Waals surface area contributed by atoms with Crippen LogP contribution in [0.25, 0.3) is 66.9 Å². The van der Waals surface area contributed by atoms with Gasteiger partial charge in [-0.25, -0.2) is 0 Å². The number of nitrogens with zero attached hydrogens (tertiary/aromatic N) is 6. The molecule has 0 amide bonds. The van der Waals surface area contributed by atoms with Crippen LogP contribution in [0.1, 0.15) is 5.56 Å². The highest BCUT2D eigenvalue weighted by molar-refractivity contribution is 6.10. The topological polar surface area (TPSA) is 72.3 Å². The predicted molar refractivity (Wildman–Crippen MR) is 159 cm³/mol. The van der Waals surface area contributed by atoms with Crippen molar-refractivity contribution in [3.63, 3.8) is 0 Å². The first-order valence-electron chi connectivity index (χ1n) is 13.0. The lowest BCUT2D eigenvalue weighted by Gasteiger charge is -2.12. The Hall–Kier alpha value is -5.80. The number of benzene rings is 5. The third-order valence-electron chi connectivity index (χ3n) is 7.42. The molecule has 5 aromatic carbocycles. The second kappa shape index (κ2) is 8.62. The zero-order chi connectivity index (χ0) is 26.6. The maximum atomic E-state index is 9.58. The molecule has 0 aliphatic rings. The lowest BCUT2D eigenvalue weighted by atomic mass is 10.1. The van der Waals surface area contributed by atoms with Gasteiger partial charge in [0.1, 0.15) is 0 Å². The van der Waals surface area contributed by atoms with Gasteiger partial charge in [0.2, 0.25) is 11.9 Å². The zero-order valence-electron chi connectivity index (χ0n) is 21.2. The normalized spacial score (nSPS) is 11.5. The van der Waals surface area contributed by atoms with E-state index >= 15 is 0 Å². The highest BCUT2D eigenvalue weighted by atomic mass is 15.3. The average molecular weight is 513 g/mol. The van der Waals surface area contributed by atoms with Gasteiger partial charge in [-0.1, -0.05) is 84.9 Å². The van der Waals surface area contributed by atoms with Gasteiger partial charge in [-0.15, -0.1) is 0 Å². The molecule has 0 bridgehead atoms. The van der Waals surface area contributed by atoms with Gasteiger partial charge in [0, 0.05) is 27.1 Å². The molecule has 6 heteroatoms. The molecule has 186 valence electrons. The Balaban J connectivity index is 1.51. The van der Waals surface area contributed by atoms with Gasteiger partial charge < -0.3 is 0 Å². The molecular weight excluding hydrogens is 492 g/mol. The van der Waals surface area contributed by atoms with Crippen LogP contribution >= 0.6 is 0 Å². The molecule has 0 fully saturated rings. The van der Waals surface area contributed by atoms with Gasteiger partial charge in [0.25, 0.3) is 0 Å². The molecule has 0 spiro atoms. The minimum Gasteiger partial charge on any atom is -0.278 e. The smallest absolute Gasteiger partial charge is 0.240 e. The zero-order valence-corrected chi connectivity index (χ0v) is 21.2. The van der Waals surface area contributed by atoms with Crippen molar-refractivity contribution >= 4 is 43.6 Å². The third-order valence-corrected chi connectivity index (χ3v) is 7.42. The Labute approximate surface area is 229 Å². The Morgan fingerprint density at radius 3 is 1.32 bits per heavy atom. The Morgan fingerprint density at radius 2 is 0.900 bits per heavy atom. The van der Waals surface area contributed by atoms with Crippen molar-refractivity contribution in [3.8, 4) is 29.4 Å². The van der Waals surface area contributed by atoms with E-state index in [1.165, 1.54) is 0 Å². The molecule has 3 heterocycles. The first-order chi connectivity index (χ1) is 19.8. The van der Waals surface area contributed by atoms with Gasteiger partial charge in [0.15, 0.2) is 5.82 Å². The van der Waals surface area contributed by atoms with E-state index in [1.54, 1.807) is 6.07 Å². The largest absolute Gasteiger partial charge is 0.278 e. The SMILES string of the molecule is N#Cc1cccc(-c2nc(-n3c4ccccc4c4ccccc43)nc(-n3c4ccccc4c4ccccc43)n2)c1. The summed E-state index contributed by atoms with van der Waals surface area (Å²) in [5.41, 5.74) is 5.36. The van der Waals surface area contributed by atoms with Gasteiger partial charge in [-0.2, -0.15) is 20.2 Å². The van der Waals surface area contributed by atoms with Crippen LogP contribution in [0, 0.1) is 11.3 Å². The monoisotopic (exact) mass is 512 g/mol. The van der Waals surface area contributed by atoms with Crippen molar-refractivity contribution in [2.45, 2.75) is 0 Å². The van der Waals surface area contributed by atoms with Crippen LogP contribution in [0.5, 0.6) is 0 Å². The lowest BCUT2D eigenvalue weighted by Crippen LogP contribution is -2.10. The standard InChI is InChI=1S/C34H20N6/c35-21-22-10-9-11-23(20-22)32-36-33(39-28-16-5-1-12-24(28)25-13-2-6-17-29(25)39)38-34(37-32)40-30-18-7-3-14-26(30)27-15-4-8-19-31(27)40/h1-20H. The molecule has 0 radical (unpaired) electrons. The Bertz CT molecular complexity index is 2060. The van der Waals surface area contributed by atoms with Crippen LogP contribution < -0.4 is 0 Å². The highest BCUT2D eigenvalue weighted by Gasteiger charge is 2.20. The first-order valence-corrected chi connectivity index (χ1v) is 13.0. The maximum absolute atomic E-state index is 9.58. The molecule has 0 saturated carbocycles. The fourth-order valence-corrected chi connectivity index (χ4v) is 5.69. The van der Waals surface area contributed by atoms with Crippen molar-refractivity contribution < 1.29 is 0 Å². The number of nitriles is 1. The Kier molecular flexibility index (Phi) is 4.78. The van der Waals surface area contributed by atoms with E-state index in [0.717, 1.165) is 49.2 Å². The van der Waals surface area contributed by atoms with Gasteiger partial charge in [0.05, 0.1) is 33.7 Å². The van der Waals surface area contributed by atoms with Crippen LogP contribution in [-0.2, 0) is 0 Å². The molecular formula is C34H20N6. The van der Waals surface area contributed by atoms with Crippen molar-refractivity contribution in [3.05, 3.63) is 127 Å². The van der Waals surface area contributed by atoms with Gasteiger partial charge >= 0.3 is 0 Å². The van der Waals surface area contributed by atoms with Gasteiger partial charge in [-0.3, -0.25) is 9.13 Å². The lowest BCUT2D eigenvalue weighted by molar-refractivity contribution is 0.893. The molecule has 3 aromatic heterocycles. The second-order valence-corrected chi connectivity index (χ2v) is 9.69. The average Bonchev–Trinajstić information content (AvgIpc) is 3.54. The van der Waals surface area contributed by atoms with Crippen molar-refractivity contribution in [2.24, 2.45) is 0 Å². The summed E-state index contributed by atoms with van der Waals surface area (Å²) in [5.74, 6) is 1.53. The molecule has 6 nitrogen and oxygen atoms in total. The first kappa shape index (κ1) is 22.2. The molecule has 40 heavy (non-hydrogen) atoms. The van der Waals surface area contributed by atoms with Crippen LogP contribution in [0.3, 0.4) is 0 Å². The molecule has 0 aliphatic heterocycles. The molecule has 0 N–H and O–H groups in total. The summed E-state index contributed by atoms with van der Waals surface area (Å²) in [4.78, 5) is 15.1. The van der Waals surface area contributed by atoms with E-state index in [0.29, 0.717) is 23.3 Å². The molecule has 0 aliphatic carbocycles. The minimum atomic E-state index is 0.501. The maximum Gasteiger partial charge on any atom is 0.240 e. The third kappa shape index (κ3) is 3.25. The van der Waals surface area contributed by atoms with E-state index in [4.69, 9.17) is 15.0 Å². The summed E-state index contributed by atoms with van der Waals surface area (Å²) < 4.78 is 4.20. The summed E-state index contributed by atoms with van der Waals surface area (Å²) in [5, 5.41) is 14.1.